The highest BCUT2D eigenvalue weighted by Crippen LogP contribution is 2.17. The molecule has 0 unspecified atom stereocenters. The second-order valence-electron chi connectivity index (χ2n) is 3.71. The Morgan fingerprint density at radius 2 is 2.00 bits per heavy atom. The first-order valence-electron chi connectivity index (χ1n) is 5.40. The minimum atomic E-state index is 0.105. The number of nitrogens with two attached hydrogens (primary N) is 1. The predicted octanol–water partition coefficient (Wildman–Crippen LogP) is 2.72. The summed E-state index contributed by atoms with van der Waals surface area (Å²) in [6.45, 7) is 9.77. The van der Waals surface area contributed by atoms with Crippen LogP contribution in [0.15, 0.2) is 36.9 Å². The van der Waals surface area contributed by atoms with Crippen LogP contribution in [0.4, 0.5) is 5.69 Å². The zero-order valence-corrected chi connectivity index (χ0v) is 9.61. The molecule has 0 aliphatic rings. The van der Waals surface area contributed by atoms with Crippen LogP contribution >= 0.6 is 0 Å². The smallest absolute Gasteiger partial charge is 0.0369 e. The van der Waals surface area contributed by atoms with Gasteiger partial charge in [-0.05, 0) is 31.5 Å². The Balaban J connectivity index is 2.81. The average molecular weight is 204 g/mol. The molecule has 2 heteroatoms. The minimum Gasteiger partial charge on any atom is -0.368 e. The number of anilines is 1. The van der Waals surface area contributed by atoms with Gasteiger partial charge in [0.1, 0.15) is 0 Å². The first kappa shape index (κ1) is 11.8. The van der Waals surface area contributed by atoms with Gasteiger partial charge in [0.25, 0.3) is 0 Å². The van der Waals surface area contributed by atoms with Gasteiger partial charge >= 0.3 is 0 Å². The standard InChI is InChI=1S/C13H20N2/c1-4-10-15(5-2)13-8-6-12(7-9-13)11(3)14/h4,6-9,11H,1,5,10,14H2,2-3H3/t11-/m1/s1. The molecule has 82 valence electrons. The molecule has 2 N–H and O–H groups in total. The molecule has 0 aliphatic carbocycles. The molecular weight excluding hydrogens is 184 g/mol. The van der Waals surface area contributed by atoms with Gasteiger partial charge < -0.3 is 10.6 Å². The van der Waals surface area contributed by atoms with Gasteiger partial charge in [-0.1, -0.05) is 18.2 Å². The van der Waals surface area contributed by atoms with Crippen LogP contribution in [-0.2, 0) is 0 Å². The van der Waals surface area contributed by atoms with Crippen LogP contribution in [0.5, 0.6) is 0 Å². The largest absolute Gasteiger partial charge is 0.368 e. The highest BCUT2D eigenvalue weighted by molar-refractivity contribution is 5.48. The van der Waals surface area contributed by atoms with Crippen molar-refractivity contribution in [3.8, 4) is 0 Å². The maximum atomic E-state index is 5.80. The molecule has 0 saturated carbocycles. The zero-order valence-electron chi connectivity index (χ0n) is 9.61. The summed E-state index contributed by atoms with van der Waals surface area (Å²) >= 11 is 0. The van der Waals surface area contributed by atoms with E-state index in [1.165, 1.54) is 11.3 Å². The Kier molecular flexibility index (Phi) is 4.37. The average Bonchev–Trinajstić information content (AvgIpc) is 2.26. The molecular formula is C13H20N2. The summed E-state index contributed by atoms with van der Waals surface area (Å²) in [5.74, 6) is 0. The molecule has 1 aromatic carbocycles. The molecule has 0 spiro atoms. The van der Waals surface area contributed by atoms with Crippen molar-refractivity contribution >= 4 is 5.69 Å². The Labute approximate surface area is 92.4 Å². The quantitative estimate of drug-likeness (QED) is 0.747. The number of hydrogen-bond donors (Lipinski definition) is 1. The highest BCUT2D eigenvalue weighted by Gasteiger charge is 2.03. The predicted molar refractivity (Wildman–Crippen MR) is 67.1 cm³/mol. The number of nitrogens with zero attached hydrogens (tertiary/aromatic N) is 1. The van der Waals surface area contributed by atoms with E-state index < -0.39 is 0 Å². The molecule has 0 aromatic heterocycles. The fourth-order valence-corrected chi connectivity index (χ4v) is 1.56. The van der Waals surface area contributed by atoms with Gasteiger partial charge in [-0.3, -0.25) is 0 Å². The molecule has 0 heterocycles. The molecule has 0 fully saturated rings. The van der Waals surface area contributed by atoms with E-state index in [0.717, 1.165) is 13.1 Å². The fraction of sp³-hybridized carbons (Fsp3) is 0.385. The molecule has 0 radical (unpaired) electrons. The van der Waals surface area contributed by atoms with Gasteiger partial charge in [0, 0.05) is 24.8 Å². The zero-order chi connectivity index (χ0) is 11.3. The van der Waals surface area contributed by atoms with E-state index in [2.05, 4.69) is 42.7 Å². The molecule has 0 aliphatic heterocycles. The Morgan fingerprint density at radius 3 is 2.40 bits per heavy atom. The summed E-state index contributed by atoms with van der Waals surface area (Å²) in [5.41, 5.74) is 8.20. The van der Waals surface area contributed by atoms with Gasteiger partial charge in [-0.15, -0.1) is 6.58 Å². The SMILES string of the molecule is C=CCN(CC)c1ccc([C@@H](C)N)cc1. The van der Waals surface area contributed by atoms with Gasteiger partial charge in [0.15, 0.2) is 0 Å². The van der Waals surface area contributed by atoms with Crippen molar-refractivity contribution in [1.29, 1.82) is 0 Å². The summed E-state index contributed by atoms with van der Waals surface area (Å²) in [4.78, 5) is 2.26. The molecule has 1 rings (SSSR count). The summed E-state index contributed by atoms with van der Waals surface area (Å²) < 4.78 is 0. The van der Waals surface area contributed by atoms with Crippen LogP contribution in [0.2, 0.25) is 0 Å². The molecule has 2 nitrogen and oxygen atoms in total. The normalized spacial score (nSPS) is 12.2. The van der Waals surface area contributed by atoms with Crippen molar-refractivity contribution in [3.05, 3.63) is 42.5 Å². The molecule has 0 amide bonds. The van der Waals surface area contributed by atoms with Crippen molar-refractivity contribution in [1.82, 2.24) is 0 Å². The topological polar surface area (TPSA) is 29.3 Å². The maximum absolute atomic E-state index is 5.80. The van der Waals surface area contributed by atoms with Gasteiger partial charge in [-0.25, -0.2) is 0 Å². The molecule has 1 aromatic rings. The van der Waals surface area contributed by atoms with Crippen LogP contribution in [0.1, 0.15) is 25.5 Å². The third-order valence-electron chi connectivity index (χ3n) is 2.52. The van der Waals surface area contributed by atoms with Crippen LogP contribution in [0, 0.1) is 0 Å². The number of likely N-dealkylation sites (N-methyl/N-ethyl adjacent to an activating group) is 1. The van der Waals surface area contributed by atoms with E-state index in [1.807, 2.05) is 13.0 Å². The van der Waals surface area contributed by atoms with E-state index in [0.29, 0.717) is 0 Å². The van der Waals surface area contributed by atoms with Crippen molar-refractivity contribution in [2.45, 2.75) is 19.9 Å². The maximum Gasteiger partial charge on any atom is 0.0369 e. The first-order chi connectivity index (χ1) is 7.19. The third kappa shape index (κ3) is 3.10. The summed E-state index contributed by atoms with van der Waals surface area (Å²) in [7, 11) is 0. The van der Waals surface area contributed by atoms with E-state index in [4.69, 9.17) is 5.73 Å². The van der Waals surface area contributed by atoms with Crippen molar-refractivity contribution in [2.75, 3.05) is 18.0 Å². The monoisotopic (exact) mass is 204 g/mol. The van der Waals surface area contributed by atoms with Crippen molar-refractivity contribution < 1.29 is 0 Å². The van der Waals surface area contributed by atoms with Crippen molar-refractivity contribution in [2.24, 2.45) is 5.73 Å². The summed E-state index contributed by atoms with van der Waals surface area (Å²) in [6.07, 6.45) is 1.92. The van der Waals surface area contributed by atoms with Crippen molar-refractivity contribution in [3.63, 3.8) is 0 Å². The van der Waals surface area contributed by atoms with Gasteiger partial charge in [0.2, 0.25) is 0 Å². The second kappa shape index (κ2) is 5.56. The highest BCUT2D eigenvalue weighted by atomic mass is 15.1. The van der Waals surface area contributed by atoms with E-state index in [1.54, 1.807) is 0 Å². The van der Waals surface area contributed by atoms with Gasteiger partial charge in [0.05, 0.1) is 0 Å². The summed E-state index contributed by atoms with van der Waals surface area (Å²) in [5, 5.41) is 0. The molecule has 0 saturated heterocycles. The third-order valence-corrected chi connectivity index (χ3v) is 2.52. The lowest BCUT2D eigenvalue weighted by Gasteiger charge is -2.21. The van der Waals surface area contributed by atoms with Crippen LogP contribution in [0.3, 0.4) is 0 Å². The molecule has 15 heavy (non-hydrogen) atoms. The van der Waals surface area contributed by atoms with E-state index >= 15 is 0 Å². The van der Waals surface area contributed by atoms with Crippen LogP contribution in [0.25, 0.3) is 0 Å². The summed E-state index contributed by atoms with van der Waals surface area (Å²) in [6, 6.07) is 8.52. The van der Waals surface area contributed by atoms with Crippen LogP contribution < -0.4 is 10.6 Å². The number of benzene rings is 1. The Morgan fingerprint density at radius 1 is 1.40 bits per heavy atom. The Hall–Kier alpha value is -1.28. The first-order valence-corrected chi connectivity index (χ1v) is 5.40. The lowest BCUT2D eigenvalue weighted by Crippen LogP contribution is -2.22. The lowest BCUT2D eigenvalue weighted by molar-refractivity contribution is 0.816. The van der Waals surface area contributed by atoms with E-state index in [-0.39, 0.29) is 6.04 Å². The second-order valence-corrected chi connectivity index (χ2v) is 3.71. The van der Waals surface area contributed by atoms with Gasteiger partial charge in [-0.2, -0.15) is 0 Å². The minimum absolute atomic E-state index is 0.105. The fourth-order valence-electron chi connectivity index (χ4n) is 1.56. The lowest BCUT2D eigenvalue weighted by atomic mass is 10.1. The number of rotatable bonds is 5. The Bertz CT molecular complexity index is 301. The van der Waals surface area contributed by atoms with E-state index in [9.17, 15) is 0 Å². The molecule has 1 atom stereocenters. The number of hydrogen-bond acceptors (Lipinski definition) is 2. The van der Waals surface area contributed by atoms with Crippen LogP contribution in [-0.4, -0.2) is 13.1 Å². The molecule has 0 bridgehead atoms.